The molecule has 0 aliphatic carbocycles. The molecule has 3 aromatic rings. The number of halogens is 1. The average Bonchev–Trinajstić information content (AvgIpc) is 3.20. The number of hydrogen-bond acceptors (Lipinski definition) is 7. The second-order valence-electron chi connectivity index (χ2n) is 6.36. The van der Waals surface area contributed by atoms with Gasteiger partial charge >= 0.3 is 0 Å². The van der Waals surface area contributed by atoms with E-state index in [9.17, 15) is 17.6 Å². The number of carbonyl (C=O) groups excluding carboxylic acids is 1. The van der Waals surface area contributed by atoms with Crippen LogP contribution in [0.1, 0.15) is 29.8 Å². The molecule has 1 N–H and O–H groups in total. The van der Waals surface area contributed by atoms with Crippen LogP contribution in [0.3, 0.4) is 0 Å². The first-order valence-corrected chi connectivity index (χ1v) is 12.7. The molecule has 164 valence electrons. The number of rotatable bonds is 9. The Hall–Kier alpha value is -2.34. The molecule has 0 unspecified atom stereocenters. The summed E-state index contributed by atoms with van der Waals surface area (Å²) in [4.78, 5) is 12.6. The summed E-state index contributed by atoms with van der Waals surface area (Å²) >= 11 is 2.60. The molecule has 7 nitrogen and oxygen atoms in total. The van der Waals surface area contributed by atoms with Crippen molar-refractivity contribution in [2.24, 2.45) is 0 Å². The van der Waals surface area contributed by atoms with Gasteiger partial charge in [-0.05, 0) is 42.0 Å². The zero-order valence-electron chi connectivity index (χ0n) is 16.9. The fourth-order valence-corrected chi connectivity index (χ4v) is 5.90. The van der Waals surface area contributed by atoms with Crippen LogP contribution >= 0.6 is 23.1 Å². The van der Waals surface area contributed by atoms with Crippen molar-refractivity contribution < 1.29 is 17.6 Å². The quantitative estimate of drug-likeness (QED) is 0.364. The highest BCUT2D eigenvalue weighted by Gasteiger charge is 2.21. The van der Waals surface area contributed by atoms with Gasteiger partial charge in [-0.25, -0.2) is 12.8 Å². The van der Waals surface area contributed by atoms with Gasteiger partial charge in [-0.1, -0.05) is 49.1 Å². The normalized spacial score (nSPS) is 11.6. The van der Waals surface area contributed by atoms with Gasteiger partial charge in [0.1, 0.15) is 5.82 Å². The third-order valence-electron chi connectivity index (χ3n) is 4.34. The first-order valence-electron chi connectivity index (χ1n) is 9.45. The molecular weight excluding hydrogens is 459 g/mol. The third-order valence-corrected chi connectivity index (χ3v) is 8.45. The number of nitrogens with one attached hydrogen (secondary N) is 1. The summed E-state index contributed by atoms with van der Waals surface area (Å²) in [5.41, 5.74) is 1.13. The minimum absolute atomic E-state index is 0.139. The van der Waals surface area contributed by atoms with Crippen molar-refractivity contribution in [3.05, 3.63) is 65.5 Å². The molecule has 0 atom stereocenters. The van der Waals surface area contributed by atoms with Crippen LogP contribution in [0.15, 0.2) is 57.8 Å². The maximum atomic E-state index is 13.2. The molecule has 0 aliphatic heterocycles. The molecule has 1 aromatic heterocycles. The number of sulfonamides is 1. The molecule has 0 saturated heterocycles. The van der Waals surface area contributed by atoms with Crippen molar-refractivity contribution in [1.29, 1.82) is 0 Å². The number of aromatic nitrogens is 2. The van der Waals surface area contributed by atoms with E-state index in [1.807, 2.05) is 6.07 Å². The number of carbonyl (C=O) groups is 1. The second-order valence-corrected chi connectivity index (χ2v) is 10.5. The fourth-order valence-electron chi connectivity index (χ4n) is 2.75. The van der Waals surface area contributed by atoms with E-state index in [-0.39, 0.29) is 10.7 Å². The van der Waals surface area contributed by atoms with Crippen molar-refractivity contribution in [2.75, 3.05) is 18.4 Å². The Bertz CT molecular complexity index is 1150. The molecule has 0 bridgehead atoms. The van der Waals surface area contributed by atoms with E-state index in [1.165, 1.54) is 63.8 Å². The van der Waals surface area contributed by atoms with Gasteiger partial charge in [-0.15, -0.1) is 10.2 Å². The molecule has 11 heteroatoms. The van der Waals surface area contributed by atoms with E-state index >= 15 is 0 Å². The summed E-state index contributed by atoms with van der Waals surface area (Å²) < 4.78 is 40.3. The van der Waals surface area contributed by atoms with E-state index in [0.717, 1.165) is 5.56 Å². The largest absolute Gasteiger partial charge is 0.296 e. The Morgan fingerprint density at radius 1 is 1.13 bits per heavy atom. The summed E-state index contributed by atoms with van der Waals surface area (Å²) in [6.45, 7) is 4.29. The fraction of sp³-hybridized carbons (Fsp3) is 0.250. The predicted molar refractivity (Wildman–Crippen MR) is 120 cm³/mol. The van der Waals surface area contributed by atoms with Crippen LogP contribution in [0.5, 0.6) is 0 Å². The number of benzene rings is 2. The lowest BCUT2D eigenvalue weighted by atomic mass is 10.2. The van der Waals surface area contributed by atoms with Crippen LogP contribution in [0.25, 0.3) is 0 Å². The molecule has 0 spiro atoms. The minimum atomic E-state index is -3.58. The maximum absolute atomic E-state index is 13.2. The summed E-state index contributed by atoms with van der Waals surface area (Å²) in [6, 6.07) is 12.1. The van der Waals surface area contributed by atoms with Crippen molar-refractivity contribution in [3.63, 3.8) is 0 Å². The molecule has 1 heterocycles. The first kappa shape index (κ1) is 23.3. The van der Waals surface area contributed by atoms with Gasteiger partial charge in [0.15, 0.2) is 4.34 Å². The highest BCUT2D eigenvalue weighted by Crippen LogP contribution is 2.28. The van der Waals surface area contributed by atoms with E-state index in [4.69, 9.17) is 0 Å². The van der Waals surface area contributed by atoms with Crippen molar-refractivity contribution in [3.8, 4) is 0 Å². The monoisotopic (exact) mass is 480 g/mol. The Balaban J connectivity index is 1.62. The van der Waals surface area contributed by atoms with Gasteiger partial charge in [0.25, 0.3) is 5.91 Å². The maximum Gasteiger partial charge on any atom is 0.257 e. The van der Waals surface area contributed by atoms with E-state index in [0.29, 0.717) is 33.9 Å². The molecule has 0 aliphatic rings. The Morgan fingerprint density at radius 2 is 1.84 bits per heavy atom. The first-order chi connectivity index (χ1) is 14.8. The molecule has 31 heavy (non-hydrogen) atoms. The lowest BCUT2D eigenvalue weighted by Crippen LogP contribution is -2.30. The van der Waals surface area contributed by atoms with E-state index < -0.39 is 15.9 Å². The molecular formula is C20H21FN4O3S3. The minimum Gasteiger partial charge on any atom is -0.296 e. The van der Waals surface area contributed by atoms with E-state index in [2.05, 4.69) is 15.5 Å². The highest BCUT2D eigenvalue weighted by atomic mass is 32.2. The summed E-state index contributed by atoms with van der Waals surface area (Å²) in [5, 5.41) is 11.0. The highest BCUT2D eigenvalue weighted by molar-refractivity contribution is 8.00. The molecule has 1 amide bonds. The smallest absolute Gasteiger partial charge is 0.257 e. The van der Waals surface area contributed by atoms with Crippen molar-refractivity contribution in [2.45, 2.75) is 28.8 Å². The van der Waals surface area contributed by atoms with Gasteiger partial charge < -0.3 is 0 Å². The van der Waals surface area contributed by atoms with Crippen molar-refractivity contribution in [1.82, 2.24) is 14.5 Å². The Kier molecular flexibility index (Phi) is 7.76. The third kappa shape index (κ3) is 5.88. The summed E-state index contributed by atoms with van der Waals surface area (Å²) in [7, 11) is -3.58. The van der Waals surface area contributed by atoms with Crippen LogP contribution in [-0.2, 0) is 15.8 Å². The average molecular weight is 481 g/mol. The van der Waals surface area contributed by atoms with Crippen LogP contribution < -0.4 is 5.32 Å². The van der Waals surface area contributed by atoms with Crippen LogP contribution in [0, 0.1) is 5.82 Å². The van der Waals surface area contributed by atoms with Gasteiger partial charge in [0, 0.05) is 24.4 Å². The Labute approximate surface area is 188 Å². The number of anilines is 1. The molecule has 0 radical (unpaired) electrons. The van der Waals surface area contributed by atoms with Crippen LogP contribution in [-0.4, -0.2) is 41.9 Å². The lowest BCUT2D eigenvalue weighted by molar-refractivity contribution is 0.102. The second kappa shape index (κ2) is 10.3. The number of amides is 1. The number of thioether (sulfide) groups is 1. The zero-order valence-corrected chi connectivity index (χ0v) is 19.4. The number of nitrogens with zero attached hydrogens (tertiary/aromatic N) is 3. The SMILES string of the molecule is CCN(CC)S(=O)(=O)c1ccc(C(=O)Nc2nnc(SCc3cccc(F)c3)s2)cc1. The van der Waals surface area contributed by atoms with Crippen LogP contribution in [0.4, 0.5) is 9.52 Å². The molecule has 0 fully saturated rings. The summed E-state index contributed by atoms with van der Waals surface area (Å²) in [5.74, 6) is -0.174. The van der Waals surface area contributed by atoms with E-state index in [1.54, 1.807) is 19.9 Å². The molecule has 0 saturated carbocycles. The van der Waals surface area contributed by atoms with Gasteiger partial charge in [0.05, 0.1) is 4.90 Å². The molecule has 3 rings (SSSR count). The van der Waals surface area contributed by atoms with Crippen molar-refractivity contribution >= 4 is 44.2 Å². The topological polar surface area (TPSA) is 92.3 Å². The molecule has 2 aromatic carbocycles. The Morgan fingerprint density at radius 3 is 2.48 bits per heavy atom. The predicted octanol–water partition coefficient (Wildman–Crippen LogP) is 4.25. The van der Waals surface area contributed by atoms with Gasteiger partial charge in [0.2, 0.25) is 15.2 Å². The van der Waals surface area contributed by atoms with Crippen LogP contribution in [0.2, 0.25) is 0 Å². The standard InChI is InChI=1S/C20H21FN4O3S3/c1-3-25(4-2)31(27,28)17-10-8-15(9-11-17)18(26)22-19-23-24-20(30-19)29-13-14-6-5-7-16(21)12-14/h5-12H,3-4,13H2,1-2H3,(H,22,23,26). The van der Waals surface area contributed by atoms with Gasteiger partial charge in [-0.3, -0.25) is 10.1 Å². The number of hydrogen-bond donors (Lipinski definition) is 1. The zero-order chi connectivity index (χ0) is 22.4. The lowest BCUT2D eigenvalue weighted by Gasteiger charge is -2.18. The van der Waals surface area contributed by atoms with Gasteiger partial charge in [-0.2, -0.15) is 4.31 Å². The summed E-state index contributed by atoms with van der Waals surface area (Å²) in [6.07, 6.45) is 0.